The number of halogens is 4. The molecule has 22 heavy (non-hydrogen) atoms. The highest BCUT2D eigenvalue weighted by Gasteiger charge is 2.45. The van der Waals surface area contributed by atoms with Gasteiger partial charge in [0.1, 0.15) is 0 Å². The molecule has 0 heterocycles. The molecule has 7 heteroatoms. The van der Waals surface area contributed by atoms with E-state index in [-0.39, 0.29) is 37.8 Å². The van der Waals surface area contributed by atoms with Crippen LogP contribution in [0.2, 0.25) is 0 Å². The molecule has 0 spiro atoms. The van der Waals surface area contributed by atoms with Gasteiger partial charge in [-0.3, -0.25) is 4.79 Å². The maximum Gasteiger partial charge on any atom is 0.392 e. The van der Waals surface area contributed by atoms with Crippen molar-refractivity contribution in [2.45, 2.75) is 58.5 Å². The van der Waals surface area contributed by atoms with E-state index in [1.807, 2.05) is 13.8 Å². The van der Waals surface area contributed by atoms with E-state index in [9.17, 15) is 18.0 Å². The van der Waals surface area contributed by atoms with Crippen molar-refractivity contribution in [2.24, 2.45) is 23.0 Å². The van der Waals surface area contributed by atoms with E-state index in [2.05, 4.69) is 5.32 Å². The van der Waals surface area contributed by atoms with E-state index >= 15 is 0 Å². The highest BCUT2D eigenvalue weighted by molar-refractivity contribution is 5.85. The zero-order valence-electron chi connectivity index (χ0n) is 13.3. The standard InChI is InChI=1S/C15H27F3N2O.ClH/c1-3-14(4-2,10-19)13(21)20-9-11-7-5-6-8-12(11)15(16,17)18;/h11-12H,3-10,19H2,1-2H3,(H,20,21);1H. The molecule has 0 aromatic rings. The Kier molecular flexibility index (Phi) is 8.77. The largest absolute Gasteiger partial charge is 0.392 e. The van der Waals surface area contributed by atoms with Crippen molar-refractivity contribution in [1.29, 1.82) is 0 Å². The number of hydrogen-bond donors (Lipinski definition) is 2. The predicted molar refractivity (Wildman–Crippen MR) is 83.8 cm³/mol. The smallest absolute Gasteiger partial charge is 0.355 e. The SMILES string of the molecule is CCC(CC)(CN)C(=O)NCC1CCCCC1C(F)(F)F.Cl. The van der Waals surface area contributed by atoms with Crippen LogP contribution in [-0.2, 0) is 4.79 Å². The van der Waals surface area contributed by atoms with Crippen LogP contribution in [0, 0.1) is 17.3 Å². The third kappa shape index (κ3) is 5.01. The molecule has 0 aromatic heterocycles. The van der Waals surface area contributed by atoms with Crippen LogP contribution in [0.5, 0.6) is 0 Å². The second-order valence-corrected chi connectivity index (χ2v) is 6.09. The van der Waals surface area contributed by atoms with Crippen molar-refractivity contribution in [3.8, 4) is 0 Å². The Morgan fingerprint density at radius 3 is 2.18 bits per heavy atom. The minimum atomic E-state index is -4.17. The van der Waals surface area contributed by atoms with Gasteiger partial charge >= 0.3 is 6.18 Å². The summed E-state index contributed by atoms with van der Waals surface area (Å²) in [6.07, 6.45) is -0.859. The first-order chi connectivity index (χ1) is 9.80. The molecule has 1 amide bonds. The molecule has 0 bridgehead atoms. The monoisotopic (exact) mass is 344 g/mol. The zero-order valence-corrected chi connectivity index (χ0v) is 14.2. The Balaban J connectivity index is 0.00000441. The molecule has 0 aromatic carbocycles. The molecule has 1 saturated carbocycles. The van der Waals surface area contributed by atoms with Gasteiger partial charge in [-0.25, -0.2) is 0 Å². The van der Waals surface area contributed by atoms with Gasteiger partial charge in [0.2, 0.25) is 5.91 Å². The summed E-state index contributed by atoms with van der Waals surface area (Å²) < 4.78 is 39.0. The number of rotatable bonds is 6. The number of carbonyl (C=O) groups excluding carboxylic acids is 1. The zero-order chi connectivity index (χ0) is 16.1. The van der Waals surface area contributed by atoms with Gasteiger partial charge in [0.15, 0.2) is 0 Å². The fraction of sp³-hybridized carbons (Fsp3) is 0.933. The maximum atomic E-state index is 13.0. The van der Waals surface area contributed by atoms with Gasteiger partial charge in [-0.1, -0.05) is 26.7 Å². The predicted octanol–water partition coefficient (Wildman–Crippen LogP) is 3.66. The first-order valence-corrected chi connectivity index (χ1v) is 7.85. The van der Waals surface area contributed by atoms with Crippen molar-refractivity contribution in [2.75, 3.05) is 13.1 Å². The number of amides is 1. The fourth-order valence-corrected chi connectivity index (χ4v) is 3.25. The van der Waals surface area contributed by atoms with Crippen LogP contribution >= 0.6 is 12.4 Å². The van der Waals surface area contributed by atoms with E-state index in [0.29, 0.717) is 25.7 Å². The van der Waals surface area contributed by atoms with E-state index < -0.39 is 23.4 Å². The van der Waals surface area contributed by atoms with Gasteiger partial charge in [0, 0.05) is 13.1 Å². The Morgan fingerprint density at radius 1 is 1.18 bits per heavy atom. The lowest BCUT2D eigenvalue weighted by molar-refractivity contribution is -0.196. The first kappa shape index (κ1) is 21.5. The third-order valence-electron chi connectivity index (χ3n) is 5.08. The summed E-state index contributed by atoms with van der Waals surface area (Å²) in [5.41, 5.74) is 5.04. The highest BCUT2D eigenvalue weighted by atomic mass is 35.5. The molecule has 1 aliphatic carbocycles. The van der Waals surface area contributed by atoms with Crippen LogP contribution in [0.3, 0.4) is 0 Å². The van der Waals surface area contributed by atoms with E-state index in [1.165, 1.54) is 0 Å². The Hall–Kier alpha value is -0.490. The number of alkyl halides is 3. The summed E-state index contributed by atoms with van der Waals surface area (Å²) in [7, 11) is 0. The van der Waals surface area contributed by atoms with Gasteiger partial charge in [0.05, 0.1) is 11.3 Å². The minimum Gasteiger partial charge on any atom is -0.355 e. The second kappa shape index (κ2) is 8.96. The van der Waals surface area contributed by atoms with Crippen LogP contribution in [0.1, 0.15) is 52.4 Å². The van der Waals surface area contributed by atoms with Crippen LogP contribution < -0.4 is 11.1 Å². The van der Waals surface area contributed by atoms with Crippen LogP contribution in [-0.4, -0.2) is 25.2 Å². The molecule has 0 aliphatic heterocycles. The molecule has 132 valence electrons. The summed E-state index contributed by atoms with van der Waals surface area (Å²) in [5.74, 6) is -2.00. The lowest BCUT2D eigenvalue weighted by Gasteiger charge is -2.35. The van der Waals surface area contributed by atoms with Gasteiger partial charge in [-0.2, -0.15) is 13.2 Å². The Bertz CT molecular complexity index is 338. The van der Waals surface area contributed by atoms with Gasteiger partial charge in [0.25, 0.3) is 0 Å². The number of carbonyl (C=O) groups is 1. The molecule has 2 atom stereocenters. The molecular formula is C15H28ClF3N2O. The average molecular weight is 345 g/mol. The molecule has 1 rings (SSSR count). The summed E-state index contributed by atoms with van der Waals surface area (Å²) in [6, 6.07) is 0. The summed E-state index contributed by atoms with van der Waals surface area (Å²) in [4.78, 5) is 12.3. The molecule has 1 fully saturated rings. The number of nitrogens with one attached hydrogen (secondary N) is 1. The van der Waals surface area contributed by atoms with Gasteiger partial charge in [-0.05, 0) is 31.6 Å². The molecule has 2 unspecified atom stereocenters. The lowest BCUT2D eigenvalue weighted by atomic mass is 9.78. The van der Waals surface area contributed by atoms with Crippen LogP contribution in [0.15, 0.2) is 0 Å². The van der Waals surface area contributed by atoms with E-state index in [1.54, 1.807) is 0 Å². The first-order valence-electron chi connectivity index (χ1n) is 7.85. The molecular weight excluding hydrogens is 317 g/mol. The van der Waals surface area contributed by atoms with Crippen LogP contribution in [0.25, 0.3) is 0 Å². The summed E-state index contributed by atoms with van der Waals surface area (Å²) in [5, 5.41) is 2.73. The number of nitrogens with two attached hydrogens (primary N) is 1. The topological polar surface area (TPSA) is 55.1 Å². The molecule has 0 saturated heterocycles. The van der Waals surface area contributed by atoms with Crippen molar-refractivity contribution in [3.05, 3.63) is 0 Å². The number of hydrogen-bond acceptors (Lipinski definition) is 2. The van der Waals surface area contributed by atoms with Crippen molar-refractivity contribution in [1.82, 2.24) is 5.32 Å². The quantitative estimate of drug-likeness (QED) is 0.772. The maximum absolute atomic E-state index is 13.0. The fourth-order valence-electron chi connectivity index (χ4n) is 3.25. The van der Waals surface area contributed by atoms with Gasteiger partial charge < -0.3 is 11.1 Å². The van der Waals surface area contributed by atoms with E-state index in [4.69, 9.17) is 5.73 Å². The minimum absolute atomic E-state index is 0. The Morgan fingerprint density at radius 2 is 1.73 bits per heavy atom. The third-order valence-corrected chi connectivity index (χ3v) is 5.08. The molecule has 3 N–H and O–H groups in total. The van der Waals surface area contributed by atoms with E-state index in [0.717, 1.165) is 6.42 Å². The average Bonchev–Trinajstić information content (AvgIpc) is 2.47. The van der Waals surface area contributed by atoms with Crippen molar-refractivity contribution in [3.63, 3.8) is 0 Å². The van der Waals surface area contributed by atoms with Crippen molar-refractivity contribution < 1.29 is 18.0 Å². The second-order valence-electron chi connectivity index (χ2n) is 6.09. The molecule has 3 nitrogen and oxygen atoms in total. The van der Waals surface area contributed by atoms with Crippen molar-refractivity contribution >= 4 is 18.3 Å². The highest BCUT2D eigenvalue weighted by Crippen LogP contribution is 2.41. The molecule has 0 radical (unpaired) electrons. The summed E-state index contributed by atoms with van der Waals surface area (Å²) in [6.45, 7) is 4.09. The molecule has 1 aliphatic rings. The Labute approximate surface area is 137 Å². The normalized spacial score (nSPS) is 22.8. The van der Waals surface area contributed by atoms with Gasteiger partial charge in [-0.15, -0.1) is 12.4 Å². The lowest BCUT2D eigenvalue weighted by Crippen LogP contribution is -2.48. The van der Waals surface area contributed by atoms with Crippen LogP contribution in [0.4, 0.5) is 13.2 Å². The summed E-state index contributed by atoms with van der Waals surface area (Å²) >= 11 is 0.